The number of piperazine rings is 1. The molecule has 10 heteroatoms. The van der Waals surface area contributed by atoms with Gasteiger partial charge in [-0.15, -0.1) is 6.58 Å². The lowest BCUT2D eigenvalue weighted by atomic mass is 9.95. The van der Waals surface area contributed by atoms with Crippen molar-refractivity contribution in [2.24, 2.45) is 0 Å². The number of ether oxygens (including phenoxy) is 1. The van der Waals surface area contributed by atoms with Crippen LogP contribution in [0.15, 0.2) is 37.2 Å². The lowest BCUT2D eigenvalue weighted by Crippen LogP contribution is -2.58. The van der Waals surface area contributed by atoms with Gasteiger partial charge < -0.3 is 15.0 Å². The minimum Gasteiger partial charge on any atom is -0.461 e. The molecule has 0 amide bonds. The molecule has 41 heavy (non-hydrogen) atoms. The first kappa shape index (κ1) is 25.1. The fraction of sp³-hybridized carbons (Fsp3) is 0.484. The molecule has 1 aromatic carbocycles. The number of anilines is 1. The number of halogens is 1. The first-order valence-corrected chi connectivity index (χ1v) is 14.8. The molecule has 0 aliphatic carbocycles. The van der Waals surface area contributed by atoms with E-state index in [1.807, 2.05) is 18.3 Å². The molecule has 0 radical (unpaired) electrons. The predicted molar refractivity (Wildman–Crippen MR) is 157 cm³/mol. The highest BCUT2D eigenvalue weighted by molar-refractivity contribution is 5.98. The van der Waals surface area contributed by atoms with Crippen molar-refractivity contribution in [1.29, 1.82) is 0 Å². The molecule has 4 fully saturated rings. The van der Waals surface area contributed by atoms with E-state index in [2.05, 4.69) is 31.9 Å². The van der Waals surface area contributed by atoms with Crippen molar-refractivity contribution in [3.8, 4) is 17.3 Å². The summed E-state index contributed by atoms with van der Waals surface area (Å²) in [7, 11) is 0. The Morgan fingerprint density at radius 3 is 2.83 bits per heavy atom. The Morgan fingerprint density at radius 1 is 1.15 bits per heavy atom. The Labute approximate surface area is 238 Å². The fourth-order valence-corrected chi connectivity index (χ4v) is 7.88. The van der Waals surface area contributed by atoms with Gasteiger partial charge >= 0.3 is 6.01 Å². The van der Waals surface area contributed by atoms with Crippen LogP contribution in [0.2, 0.25) is 0 Å². The van der Waals surface area contributed by atoms with Gasteiger partial charge in [0.25, 0.3) is 0 Å². The maximum absolute atomic E-state index is 14.9. The Balaban J connectivity index is 1.24. The second-order valence-electron chi connectivity index (χ2n) is 12.4. The second kappa shape index (κ2) is 9.19. The lowest BCUT2D eigenvalue weighted by molar-refractivity contribution is 0.108. The number of benzene rings is 1. The summed E-state index contributed by atoms with van der Waals surface area (Å²) >= 11 is 0. The van der Waals surface area contributed by atoms with E-state index in [0.29, 0.717) is 35.4 Å². The van der Waals surface area contributed by atoms with Gasteiger partial charge in [-0.05, 0) is 76.2 Å². The number of pyridine rings is 1. The van der Waals surface area contributed by atoms with Gasteiger partial charge in [-0.25, -0.2) is 4.39 Å². The van der Waals surface area contributed by atoms with Gasteiger partial charge in [0.15, 0.2) is 0 Å². The van der Waals surface area contributed by atoms with Crippen LogP contribution in [0.4, 0.5) is 10.2 Å². The van der Waals surface area contributed by atoms with Gasteiger partial charge in [0.1, 0.15) is 18.2 Å². The van der Waals surface area contributed by atoms with Crippen LogP contribution in [0.1, 0.15) is 44.1 Å². The van der Waals surface area contributed by atoms with E-state index in [1.54, 1.807) is 13.1 Å². The summed E-state index contributed by atoms with van der Waals surface area (Å²) in [5, 5.41) is 12.5. The average Bonchev–Trinajstić information content (AvgIpc) is 3.75. The van der Waals surface area contributed by atoms with E-state index in [1.165, 1.54) is 18.9 Å². The van der Waals surface area contributed by atoms with Crippen molar-refractivity contribution in [3.63, 3.8) is 0 Å². The summed E-state index contributed by atoms with van der Waals surface area (Å²) in [5.41, 5.74) is 3.24. The molecule has 2 atom stereocenters. The standard InChI is InChI=1S/C31H35FN8O/c1-3-30-9-6-20(37-30)16-39(17-30)28-22-14-33-26(27-19(2)23(32)12-25-21(27)15-34-38-25)13-24(22)35-29(36-28)41-18-31-7-4-10-40(31)11-5-8-31/h3,12-15,20,37H,1,4-11,16-18H2,2H3,(H,34,38). The van der Waals surface area contributed by atoms with Gasteiger partial charge in [0, 0.05) is 36.3 Å². The smallest absolute Gasteiger partial charge is 0.319 e. The van der Waals surface area contributed by atoms with Crippen LogP contribution in [-0.4, -0.2) is 80.0 Å². The molecule has 0 saturated carbocycles. The van der Waals surface area contributed by atoms with E-state index in [-0.39, 0.29) is 16.9 Å². The second-order valence-corrected chi connectivity index (χ2v) is 12.4. The number of fused-ring (bicyclic) bond motifs is 5. The molecule has 4 aliphatic rings. The summed E-state index contributed by atoms with van der Waals surface area (Å²) in [5.74, 6) is 0.536. The third-order valence-electron chi connectivity index (χ3n) is 10.1. The molecule has 0 spiro atoms. The van der Waals surface area contributed by atoms with Crippen LogP contribution in [0, 0.1) is 12.7 Å². The summed E-state index contributed by atoms with van der Waals surface area (Å²) < 4.78 is 21.4. The molecule has 2 N–H and O–H groups in total. The average molecular weight is 555 g/mol. The number of hydrogen-bond acceptors (Lipinski definition) is 8. The number of aromatic amines is 1. The molecule has 7 heterocycles. The van der Waals surface area contributed by atoms with E-state index < -0.39 is 0 Å². The van der Waals surface area contributed by atoms with Crippen molar-refractivity contribution >= 4 is 27.6 Å². The minimum atomic E-state index is -0.297. The first-order chi connectivity index (χ1) is 20.0. The summed E-state index contributed by atoms with van der Waals surface area (Å²) in [6.45, 7) is 10.4. The number of nitrogens with zero attached hydrogens (tertiary/aromatic N) is 6. The normalized spacial score (nSPS) is 25.3. The molecule has 4 aliphatic heterocycles. The molecule has 9 nitrogen and oxygen atoms in total. The third-order valence-corrected chi connectivity index (χ3v) is 10.1. The maximum atomic E-state index is 14.9. The zero-order valence-corrected chi connectivity index (χ0v) is 23.4. The third kappa shape index (κ3) is 3.94. The molecule has 2 unspecified atom stereocenters. The first-order valence-electron chi connectivity index (χ1n) is 14.8. The zero-order valence-electron chi connectivity index (χ0n) is 23.4. The number of H-pyrrole nitrogens is 1. The summed E-state index contributed by atoms with van der Waals surface area (Å²) in [6, 6.07) is 4.19. The van der Waals surface area contributed by atoms with Crippen LogP contribution in [-0.2, 0) is 0 Å². The Morgan fingerprint density at radius 2 is 2.00 bits per heavy atom. The zero-order chi connectivity index (χ0) is 27.8. The molecule has 4 saturated heterocycles. The van der Waals surface area contributed by atoms with Crippen LogP contribution < -0.4 is 15.0 Å². The lowest BCUT2D eigenvalue weighted by Gasteiger charge is -2.40. The number of nitrogens with one attached hydrogen (secondary N) is 2. The van der Waals surface area contributed by atoms with E-state index in [9.17, 15) is 4.39 Å². The molecular weight excluding hydrogens is 519 g/mol. The van der Waals surface area contributed by atoms with Gasteiger partial charge in [-0.3, -0.25) is 15.0 Å². The van der Waals surface area contributed by atoms with Crippen LogP contribution in [0.5, 0.6) is 6.01 Å². The minimum absolute atomic E-state index is 0.0918. The SMILES string of the molecule is C=CC12CCC(CN(c3nc(OCC45CCCN4CCC5)nc4cc(-c5c(C)c(F)cc6[nH]ncc56)ncc34)C1)N2. The highest BCUT2D eigenvalue weighted by Crippen LogP contribution is 2.40. The highest BCUT2D eigenvalue weighted by atomic mass is 19.1. The summed E-state index contributed by atoms with van der Waals surface area (Å²) in [6.07, 6.45) is 12.5. The van der Waals surface area contributed by atoms with Gasteiger partial charge in [-0.2, -0.15) is 15.1 Å². The monoisotopic (exact) mass is 554 g/mol. The number of hydrogen-bond donors (Lipinski definition) is 2. The van der Waals surface area contributed by atoms with Crippen molar-refractivity contribution in [2.75, 3.05) is 37.7 Å². The fourth-order valence-electron chi connectivity index (χ4n) is 7.88. The largest absolute Gasteiger partial charge is 0.461 e. The van der Waals surface area contributed by atoms with Gasteiger partial charge in [-0.1, -0.05) is 6.08 Å². The number of aromatic nitrogens is 5. The number of rotatable bonds is 6. The maximum Gasteiger partial charge on any atom is 0.319 e. The molecule has 8 rings (SSSR count). The molecular formula is C31H35FN8O. The van der Waals surface area contributed by atoms with Crippen molar-refractivity contribution < 1.29 is 9.13 Å². The van der Waals surface area contributed by atoms with Crippen LogP contribution >= 0.6 is 0 Å². The van der Waals surface area contributed by atoms with E-state index in [4.69, 9.17) is 19.7 Å². The van der Waals surface area contributed by atoms with Crippen LogP contribution in [0.25, 0.3) is 33.1 Å². The van der Waals surface area contributed by atoms with Gasteiger partial charge in [0.05, 0.1) is 39.4 Å². The molecule has 3 aromatic heterocycles. The van der Waals surface area contributed by atoms with Crippen molar-refractivity contribution in [3.05, 3.63) is 48.6 Å². The Bertz CT molecular complexity index is 1680. The Kier molecular flexibility index (Phi) is 5.63. The molecule has 212 valence electrons. The summed E-state index contributed by atoms with van der Waals surface area (Å²) in [4.78, 5) is 19.7. The van der Waals surface area contributed by atoms with E-state index >= 15 is 0 Å². The topological polar surface area (TPSA) is 95.1 Å². The van der Waals surface area contributed by atoms with Crippen molar-refractivity contribution in [1.82, 2.24) is 35.4 Å². The van der Waals surface area contributed by atoms with Crippen LogP contribution in [0.3, 0.4) is 0 Å². The van der Waals surface area contributed by atoms with Gasteiger partial charge in [0.2, 0.25) is 0 Å². The van der Waals surface area contributed by atoms with Crippen molar-refractivity contribution in [2.45, 2.75) is 62.6 Å². The molecule has 2 bridgehead atoms. The quantitative estimate of drug-likeness (QED) is 0.336. The predicted octanol–water partition coefficient (Wildman–Crippen LogP) is 4.52. The van der Waals surface area contributed by atoms with E-state index in [0.717, 1.165) is 79.5 Å². The molecule has 4 aromatic rings. The highest BCUT2D eigenvalue weighted by Gasteiger charge is 2.46. The Hall–Kier alpha value is -3.63.